The molecule has 0 radical (unpaired) electrons. The predicted octanol–water partition coefficient (Wildman–Crippen LogP) is 3.79. The Hall–Kier alpha value is -1.60. The summed E-state index contributed by atoms with van der Waals surface area (Å²) in [6, 6.07) is 6.34. The number of aromatic nitrogens is 1. The van der Waals surface area contributed by atoms with Crippen molar-refractivity contribution in [2.75, 3.05) is 0 Å². The summed E-state index contributed by atoms with van der Waals surface area (Å²) in [7, 11) is 0. The lowest BCUT2D eigenvalue weighted by atomic mass is 10.2. The van der Waals surface area contributed by atoms with Crippen LogP contribution in [0.2, 0.25) is 0 Å². The van der Waals surface area contributed by atoms with Crippen LogP contribution < -0.4 is 5.32 Å². The Bertz CT molecular complexity index is 633. The molecule has 0 saturated heterocycles. The molecular weight excluding hydrogens is 301 g/mol. The second-order valence-corrected chi connectivity index (χ2v) is 6.07. The van der Waals surface area contributed by atoms with Crippen LogP contribution in [-0.4, -0.2) is 16.1 Å². The summed E-state index contributed by atoms with van der Waals surface area (Å²) in [5, 5.41) is 12.6. The predicted molar refractivity (Wildman–Crippen MR) is 74.1 cm³/mol. The van der Waals surface area contributed by atoms with E-state index >= 15 is 0 Å². The van der Waals surface area contributed by atoms with Crippen molar-refractivity contribution < 1.29 is 18.3 Å². The molecule has 7 heteroatoms. The van der Waals surface area contributed by atoms with Crippen LogP contribution in [0.1, 0.15) is 23.4 Å². The first-order chi connectivity index (χ1) is 9.93. The average molecular weight is 314 g/mol. The molecule has 1 aromatic heterocycles. The number of aromatic hydroxyl groups is 1. The van der Waals surface area contributed by atoms with Gasteiger partial charge in [0.25, 0.3) is 0 Å². The molecule has 1 fully saturated rings. The van der Waals surface area contributed by atoms with E-state index < -0.39 is 11.9 Å². The third-order valence-corrected chi connectivity index (χ3v) is 4.31. The van der Waals surface area contributed by atoms with Gasteiger partial charge in [0.05, 0.1) is 4.88 Å². The molecule has 1 aliphatic carbocycles. The van der Waals surface area contributed by atoms with Crippen molar-refractivity contribution in [3.63, 3.8) is 0 Å². The molecule has 0 amide bonds. The highest BCUT2D eigenvalue weighted by molar-refractivity contribution is 7.15. The lowest BCUT2D eigenvalue weighted by Crippen LogP contribution is -2.18. The Morgan fingerprint density at radius 3 is 2.48 bits per heavy atom. The van der Waals surface area contributed by atoms with Gasteiger partial charge in [0.2, 0.25) is 0 Å². The van der Waals surface area contributed by atoms with Gasteiger partial charge in [0.1, 0.15) is 10.8 Å². The summed E-state index contributed by atoms with van der Waals surface area (Å²) >= 11 is 1.04. The lowest BCUT2D eigenvalue weighted by molar-refractivity contribution is -0.141. The van der Waals surface area contributed by atoms with Gasteiger partial charge in [-0.3, -0.25) is 0 Å². The average Bonchev–Trinajstić information content (AvgIpc) is 3.14. The number of nitrogens with zero attached hydrogens (tertiary/aromatic N) is 1. The minimum atomic E-state index is -4.45. The number of halogens is 3. The van der Waals surface area contributed by atoms with Crippen molar-refractivity contribution in [1.82, 2.24) is 10.3 Å². The second-order valence-electron chi connectivity index (χ2n) is 4.99. The van der Waals surface area contributed by atoms with E-state index in [0.29, 0.717) is 16.6 Å². The first-order valence-electron chi connectivity index (χ1n) is 6.53. The van der Waals surface area contributed by atoms with Gasteiger partial charge in [0, 0.05) is 18.2 Å². The third-order valence-electron chi connectivity index (χ3n) is 3.21. The minimum absolute atomic E-state index is 0.0713. The zero-order valence-electron chi connectivity index (χ0n) is 10.9. The molecule has 0 bridgehead atoms. The Morgan fingerprint density at radius 2 is 1.90 bits per heavy atom. The Morgan fingerprint density at radius 1 is 1.24 bits per heavy atom. The van der Waals surface area contributed by atoms with E-state index in [2.05, 4.69) is 10.3 Å². The molecule has 2 aromatic rings. The van der Waals surface area contributed by atoms with Gasteiger partial charge in [-0.05, 0) is 37.1 Å². The van der Waals surface area contributed by atoms with Crippen molar-refractivity contribution in [2.45, 2.75) is 31.6 Å². The van der Waals surface area contributed by atoms with Crippen LogP contribution in [0, 0.1) is 0 Å². The highest BCUT2D eigenvalue weighted by atomic mass is 32.1. The monoisotopic (exact) mass is 314 g/mol. The maximum Gasteiger partial charge on any atom is 0.434 e. The van der Waals surface area contributed by atoms with Crippen LogP contribution in [-0.2, 0) is 12.7 Å². The largest absolute Gasteiger partial charge is 0.508 e. The second kappa shape index (κ2) is 5.31. The molecule has 0 spiro atoms. The summed E-state index contributed by atoms with van der Waals surface area (Å²) in [6.07, 6.45) is -2.41. The Labute approximate surface area is 123 Å². The molecule has 21 heavy (non-hydrogen) atoms. The standard InChI is InChI=1S/C14H13F3N2OS/c15-14(16,17)12-11(7-18-9-3-4-9)21-13(19-12)8-1-5-10(20)6-2-8/h1-2,5-6,9,18,20H,3-4,7H2. The molecule has 1 aliphatic rings. The van der Waals surface area contributed by atoms with Gasteiger partial charge in [-0.1, -0.05) is 0 Å². The fourth-order valence-electron chi connectivity index (χ4n) is 1.95. The fourth-order valence-corrected chi connectivity index (χ4v) is 2.98. The van der Waals surface area contributed by atoms with Crippen molar-refractivity contribution in [1.29, 1.82) is 0 Å². The molecule has 112 valence electrons. The Balaban J connectivity index is 1.91. The lowest BCUT2D eigenvalue weighted by Gasteiger charge is -2.06. The van der Waals surface area contributed by atoms with E-state index in [9.17, 15) is 18.3 Å². The van der Waals surface area contributed by atoms with E-state index in [-0.39, 0.29) is 17.2 Å². The van der Waals surface area contributed by atoms with Crippen LogP contribution in [0.3, 0.4) is 0 Å². The molecule has 2 N–H and O–H groups in total. The molecule has 3 nitrogen and oxygen atoms in total. The highest BCUT2D eigenvalue weighted by Crippen LogP contribution is 2.38. The number of hydrogen-bond donors (Lipinski definition) is 2. The van der Waals surface area contributed by atoms with E-state index in [1.54, 1.807) is 12.1 Å². The van der Waals surface area contributed by atoms with Gasteiger partial charge >= 0.3 is 6.18 Å². The third kappa shape index (κ3) is 3.36. The number of phenols is 1. The minimum Gasteiger partial charge on any atom is -0.508 e. The van der Waals surface area contributed by atoms with Crippen LogP contribution >= 0.6 is 11.3 Å². The van der Waals surface area contributed by atoms with Gasteiger partial charge in [-0.25, -0.2) is 4.98 Å². The summed E-state index contributed by atoms with van der Waals surface area (Å²) in [6.45, 7) is 0.190. The number of rotatable bonds is 4. The molecule has 0 aliphatic heterocycles. The zero-order valence-corrected chi connectivity index (χ0v) is 11.8. The SMILES string of the molecule is Oc1ccc(-c2nc(C(F)(F)F)c(CNC3CC3)s2)cc1. The molecule has 1 saturated carbocycles. The van der Waals surface area contributed by atoms with Crippen LogP contribution in [0.25, 0.3) is 10.6 Å². The summed E-state index contributed by atoms with van der Waals surface area (Å²) in [4.78, 5) is 3.96. The van der Waals surface area contributed by atoms with E-state index in [1.165, 1.54) is 12.1 Å². The molecular formula is C14H13F3N2OS. The number of alkyl halides is 3. The smallest absolute Gasteiger partial charge is 0.434 e. The van der Waals surface area contributed by atoms with Crippen molar-refractivity contribution in [3.05, 3.63) is 34.8 Å². The molecule has 3 rings (SSSR count). The van der Waals surface area contributed by atoms with Crippen LogP contribution in [0.15, 0.2) is 24.3 Å². The van der Waals surface area contributed by atoms with Gasteiger partial charge in [-0.2, -0.15) is 13.2 Å². The zero-order chi connectivity index (χ0) is 15.0. The molecule has 0 atom stereocenters. The van der Waals surface area contributed by atoms with E-state index in [0.717, 1.165) is 24.2 Å². The first kappa shape index (κ1) is 14.3. The molecule has 1 heterocycles. The summed E-state index contributed by atoms with van der Waals surface area (Å²) in [5.41, 5.74) is -0.246. The number of nitrogens with one attached hydrogen (secondary N) is 1. The molecule has 0 unspecified atom stereocenters. The van der Waals surface area contributed by atoms with Crippen LogP contribution in [0.5, 0.6) is 5.75 Å². The maximum atomic E-state index is 13.1. The van der Waals surface area contributed by atoms with Crippen molar-refractivity contribution in [2.24, 2.45) is 0 Å². The number of thiazole rings is 1. The summed E-state index contributed by atoms with van der Waals surface area (Å²) in [5.74, 6) is 0.0713. The number of phenolic OH excluding ortho intramolecular Hbond substituents is 1. The Kier molecular flexibility index (Phi) is 3.62. The number of benzene rings is 1. The fraction of sp³-hybridized carbons (Fsp3) is 0.357. The maximum absolute atomic E-state index is 13.1. The van der Waals surface area contributed by atoms with E-state index in [4.69, 9.17) is 0 Å². The topological polar surface area (TPSA) is 45.2 Å². The van der Waals surface area contributed by atoms with Crippen LogP contribution in [0.4, 0.5) is 13.2 Å². The quantitative estimate of drug-likeness (QED) is 0.902. The van der Waals surface area contributed by atoms with Gasteiger partial charge in [0.15, 0.2) is 5.69 Å². The van der Waals surface area contributed by atoms with Gasteiger partial charge < -0.3 is 10.4 Å². The normalized spacial score (nSPS) is 15.4. The molecule has 1 aromatic carbocycles. The highest BCUT2D eigenvalue weighted by Gasteiger charge is 2.37. The van der Waals surface area contributed by atoms with E-state index in [1.807, 2.05) is 0 Å². The van der Waals surface area contributed by atoms with Crippen molar-refractivity contribution in [3.8, 4) is 16.3 Å². The van der Waals surface area contributed by atoms with Crippen molar-refractivity contribution >= 4 is 11.3 Å². The number of hydrogen-bond acceptors (Lipinski definition) is 4. The first-order valence-corrected chi connectivity index (χ1v) is 7.35. The van der Waals surface area contributed by atoms with Gasteiger partial charge in [-0.15, -0.1) is 11.3 Å². The summed E-state index contributed by atoms with van der Waals surface area (Å²) < 4.78 is 39.2.